The minimum Gasteiger partial charge on any atom is -0.490 e. The molecular formula is C31H34ClN3O4S. The van der Waals surface area contributed by atoms with Gasteiger partial charge >= 0.3 is 0 Å². The molecule has 1 aromatic heterocycles. The Morgan fingerprint density at radius 2 is 2.00 bits per heavy atom. The molecule has 1 amide bonds. The van der Waals surface area contributed by atoms with Crippen LogP contribution in [0.25, 0.3) is 0 Å². The maximum absolute atomic E-state index is 13.0. The van der Waals surface area contributed by atoms with Crippen LogP contribution >= 0.6 is 11.6 Å². The number of pyridine rings is 1. The van der Waals surface area contributed by atoms with Crippen LogP contribution in [0.5, 0.6) is 5.75 Å². The monoisotopic (exact) mass is 579 g/mol. The maximum atomic E-state index is 13.0. The number of ether oxygens (including phenoxy) is 1. The van der Waals surface area contributed by atoms with E-state index in [2.05, 4.69) is 27.3 Å². The van der Waals surface area contributed by atoms with E-state index in [1.807, 2.05) is 24.3 Å². The number of amides is 1. The van der Waals surface area contributed by atoms with Gasteiger partial charge in [0.25, 0.3) is 0 Å². The Morgan fingerprint density at radius 1 is 1.18 bits per heavy atom. The Morgan fingerprint density at radius 3 is 2.75 bits per heavy atom. The minimum atomic E-state index is -2.20. The Hall–Kier alpha value is -2.94. The quantitative estimate of drug-likeness (QED) is 0.319. The summed E-state index contributed by atoms with van der Waals surface area (Å²) in [7, 11) is 0. The molecule has 0 saturated heterocycles. The van der Waals surface area contributed by atoms with E-state index in [1.165, 1.54) is 30.4 Å². The van der Waals surface area contributed by atoms with E-state index in [4.69, 9.17) is 16.3 Å². The van der Waals surface area contributed by atoms with Crippen molar-refractivity contribution in [2.45, 2.75) is 55.6 Å². The largest absolute Gasteiger partial charge is 0.490 e. The number of fused-ring (bicyclic) bond motifs is 3. The molecule has 3 atom stereocenters. The summed E-state index contributed by atoms with van der Waals surface area (Å²) in [4.78, 5) is 19.5. The van der Waals surface area contributed by atoms with E-state index >= 15 is 0 Å². The molecule has 2 unspecified atom stereocenters. The van der Waals surface area contributed by atoms with Gasteiger partial charge in [-0.2, -0.15) is 0 Å². The lowest BCUT2D eigenvalue weighted by Crippen LogP contribution is -2.47. The van der Waals surface area contributed by atoms with E-state index in [0.717, 1.165) is 48.8 Å². The Bertz CT molecular complexity index is 1420. The van der Waals surface area contributed by atoms with Gasteiger partial charge in [0.2, 0.25) is 5.91 Å². The Balaban J connectivity index is 1.27. The van der Waals surface area contributed by atoms with Crippen LogP contribution in [0.4, 0.5) is 11.4 Å². The summed E-state index contributed by atoms with van der Waals surface area (Å²) in [5.74, 6) is 1.15. The average Bonchev–Trinajstić information content (AvgIpc) is 3.07. The summed E-state index contributed by atoms with van der Waals surface area (Å²) in [6.45, 7) is 2.39. The highest BCUT2D eigenvalue weighted by molar-refractivity contribution is 7.79. The van der Waals surface area contributed by atoms with Crippen molar-refractivity contribution < 1.29 is 18.3 Å². The first-order chi connectivity index (χ1) is 19.4. The van der Waals surface area contributed by atoms with Crippen LogP contribution in [-0.2, 0) is 27.7 Å². The number of aromatic nitrogens is 1. The van der Waals surface area contributed by atoms with Crippen molar-refractivity contribution in [2.24, 2.45) is 5.92 Å². The average molecular weight is 580 g/mol. The highest BCUT2D eigenvalue weighted by Gasteiger charge is 2.42. The van der Waals surface area contributed by atoms with Gasteiger partial charge in [-0.25, -0.2) is 4.21 Å². The summed E-state index contributed by atoms with van der Waals surface area (Å²) in [6, 6.07) is 15.4. The second kappa shape index (κ2) is 11.5. The molecule has 6 rings (SSSR count). The molecule has 2 aromatic carbocycles. The van der Waals surface area contributed by atoms with Crippen LogP contribution in [0.2, 0.25) is 5.02 Å². The molecular weight excluding hydrogens is 546 g/mol. The lowest BCUT2D eigenvalue weighted by atomic mass is 9.70. The molecule has 0 radical (unpaired) electrons. The second-order valence-corrected chi connectivity index (χ2v) is 12.9. The van der Waals surface area contributed by atoms with Crippen molar-refractivity contribution >= 4 is 40.0 Å². The van der Waals surface area contributed by atoms with Crippen LogP contribution in [0, 0.1) is 5.92 Å². The first-order valence-corrected chi connectivity index (χ1v) is 15.6. The number of halogens is 1. The van der Waals surface area contributed by atoms with Gasteiger partial charge in [0, 0.05) is 48.0 Å². The highest BCUT2D eigenvalue weighted by atomic mass is 35.5. The molecule has 2 N–H and O–H groups in total. The van der Waals surface area contributed by atoms with Gasteiger partial charge < -0.3 is 19.5 Å². The number of benzene rings is 2. The van der Waals surface area contributed by atoms with Crippen molar-refractivity contribution in [2.75, 3.05) is 29.9 Å². The van der Waals surface area contributed by atoms with Gasteiger partial charge in [0.05, 0.1) is 17.5 Å². The molecule has 210 valence electrons. The molecule has 1 spiro atoms. The van der Waals surface area contributed by atoms with E-state index in [0.29, 0.717) is 23.8 Å². The molecule has 40 heavy (non-hydrogen) atoms. The van der Waals surface area contributed by atoms with Crippen molar-refractivity contribution in [1.82, 2.24) is 4.98 Å². The molecule has 2 heterocycles. The summed E-state index contributed by atoms with van der Waals surface area (Å²) < 4.78 is 28.4. The van der Waals surface area contributed by atoms with Gasteiger partial charge in [0.1, 0.15) is 5.75 Å². The third-order valence-corrected chi connectivity index (χ3v) is 9.88. The lowest BCUT2D eigenvalue weighted by Gasteiger charge is -2.42. The zero-order valence-corrected chi connectivity index (χ0v) is 23.9. The topological polar surface area (TPSA) is 91.8 Å². The molecule has 3 aliphatic rings. The number of nitrogens with zero attached hydrogens (tertiary/aromatic N) is 2. The third kappa shape index (κ3) is 5.62. The van der Waals surface area contributed by atoms with Crippen LogP contribution in [0.1, 0.15) is 60.5 Å². The fraction of sp³-hybridized carbons (Fsp3) is 0.419. The predicted octanol–water partition coefficient (Wildman–Crippen LogP) is 6.30. The molecule has 9 heteroatoms. The molecule has 1 saturated carbocycles. The third-order valence-electron chi connectivity index (χ3n) is 8.72. The molecule has 3 aromatic rings. The summed E-state index contributed by atoms with van der Waals surface area (Å²) in [5, 5.41) is 2.91. The zero-order chi connectivity index (χ0) is 27.7. The number of hydrogen-bond acceptors (Lipinski definition) is 5. The summed E-state index contributed by atoms with van der Waals surface area (Å²) in [5.41, 5.74) is 4.76. The van der Waals surface area contributed by atoms with Crippen molar-refractivity contribution in [3.8, 4) is 5.75 Å². The van der Waals surface area contributed by atoms with E-state index in [-0.39, 0.29) is 17.7 Å². The van der Waals surface area contributed by atoms with Gasteiger partial charge in [-0.05, 0) is 97.2 Å². The zero-order valence-electron chi connectivity index (χ0n) is 22.4. The highest BCUT2D eigenvalue weighted by Crippen LogP contribution is 2.46. The second-order valence-electron chi connectivity index (χ2n) is 11.4. The van der Waals surface area contributed by atoms with Crippen molar-refractivity contribution in [1.29, 1.82) is 0 Å². The number of hydrogen-bond donors (Lipinski definition) is 2. The van der Waals surface area contributed by atoms with E-state index in [1.54, 1.807) is 24.5 Å². The first kappa shape index (κ1) is 27.2. The fourth-order valence-corrected chi connectivity index (χ4v) is 7.32. The fourth-order valence-electron chi connectivity index (χ4n) is 6.44. The van der Waals surface area contributed by atoms with Gasteiger partial charge in [-0.15, -0.1) is 0 Å². The van der Waals surface area contributed by atoms with Gasteiger partial charge in [-0.3, -0.25) is 9.78 Å². The number of rotatable bonds is 7. The lowest BCUT2D eigenvalue weighted by molar-refractivity contribution is -0.116. The van der Waals surface area contributed by atoms with Crippen LogP contribution in [0.3, 0.4) is 0 Å². The van der Waals surface area contributed by atoms with E-state index < -0.39 is 16.3 Å². The Kier molecular flexibility index (Phi) is 7.84. The van der Waals surface area contributed by atoms with Crippen molar-refractivity contribution in [3.05, 3.63) is 82.6 Å². The van der Waals surface area contributed by atoms with E-state index in [9.17, 15) is 13.6 Å². The maximum Gasteiger partial charge on any atom is 0.226 e. The minimum absolute atomic E-state index is 0.116. The molecule has 1 fully saturated rings. The standard InChI is InChI=1S/C31H34ClN3O4S/c32-24-6-8-26-23(15-24)5-2-12-31(26)19-35(18-21-3-1-4-21)27-16-25(7-9-28(27)39-20-31)34-30(36)17-29(40(37)38)22-10-13-33-14-11-22/h6-11,13-16,21,29H,1-5,12,17-20H2,(H,34,36)(H,37,38)/t29?,31-/m0/s1. The number of carbonyl (C=O) groups excluding carboxylic acids is 1. The SMILES string of the molecule is O=C(CC(c1ccncc1)S(=O)O)Nc1ccc2c(c1)N(CC1CCC1)C[C@@]1(CCCc3cc(Cl)ccc31)CO2. The first-order valence-electron chi connectivity index (χ1n) is 14.0. The normalized spacial score (nSPS) is 21.8. The number of anilines is 2. The molecule has 0 bridgehead atoms. The van der Waals surface area contributed by atoms with Gasteiger partial charge in [-0.1, -0.05) is 24.1 Å². The number of carbonyl (C=O) groups is 1. The number of nitrogens with one attached hydrogen (secondary N) is 1. The number of aryl methyl sites for hydroxylation is 1. The molecule has 2 aliphatic carbocycles. The summed E-state index contributed by atoms with van der Waals surface area (Å²) >= 11 is 4.17. The van der Waals surface area contributed by atoms with Crippen molar-refractivity contribution in [3.63, 3.8) is 0 Å². The van der Waals surface area contributed by atoms with Gasteiger partial charge in [0.15, 0.2) is 11.1 Å². The summed E-state index contributed by atoms with van der Waals surface area (Å²) in [6.07, 6.45) is 9.91. The smallest absolute Gasteiger partial charge is 0.226 e. The van der Waals surface area contributed by atoms with Crippen LogP contribution < -0.4 is 15.0 Å². The van der Waals surface area contributed by atoms with Crippen LogP contribution in [0.15, 0.2) is 60.9 Å². The van der Waals surface area contributed by atoms with Crippen LogP contribution in [-0.4, -0.2) is 39.3 Å². The molecule has 1 aliphatic heterocycles. The Labute approximate surface area is 242 Å². The molecule has 7 nitrogen and oxygen atoms in total. The predicted molar refractivity (Wildman–Crippen MR) is 159 cm³/mol.